The second-order valence-electron chi connectivity index (χ2n) is 6.65. The number of carbonyl (C=O) groups excluding carboxylic acids is 2. The molecule has 1 N–H and O–H groups in total. The molecule has 0 aliphatic heterocycles. The number of aromatic nitrogens is 2. The van der Waals surface area contributed by atoms with Gasteiger partial charge < -0.3 is 14.6 Å². The van der Waals surface area contributed by atoms with Gasteiger partial charge in [-0.3, -0.25) is 4.79 Å². The van der Waals surface area contributed by atoms with Crippen LogP contribution in [0.25, 0.3) is 11.1 Å². The normalized spacial score (nSPS) is 16.6. The van der Waals surface area contributed by atoms with E-state index in [-0.39, 0.29) is 11.9 Å². The van der Waals surface area contributed by atoms with Crippen molar-refractivity contribution in [1.29, 1.82) is 0 Å². The molecule has 7 nitrogen and oxygen atoms in total. The molecule has 1 aliphatic rings. The molecular formula is C18H23N3O4. The number of carbonyl (C=O) groups is 2. The standard InChI is InChI=1S/C18H23N3O4/c1-10-9-14(15-11(2)21-25-17(15)19-10)18(23)24-12(3)16(22)20-13-7-5-4-6-8-13/h9,12-13H,4-8H2,1-3H3,(H,20,22)/t12-/m1/s1. The van der Waals surface area contributed by atoms with Crippen LogP contribution in [-0.4, -0.2) is 34.2 Å². The fourth-order valence-electron chi connectivity index (χ4n) is 3.22. The number of nitrogens with zero attached hydrogens (tertiary/aromatic N) is 2. The summed E-state index contributed by atoms with van der Waals surface area (Å²) in [4.78, 5) is 29.1. The molecule has 2 aromatic heterocycles. The van der Waals surface area contributed by atoms with Crippen LogP contribution in [0.1, 0.15) is 60.8 Å². The SMILES string of the molecule is Cc1cc(C(=O)O[C@H](C)C(=O)NC2CCCCC2)c2c(C)noc2n1. The van der Waals surface area contributed by atoms with E-state index in [4.69, 9.17) is 9.26 Å². The maximum Gasteiger partial charge on any atom is 0.339 e. The first kappa shape index (κ1) is 17.4. The van der Waals surface area contributed by atoms with Gasteiger partial charge >= 0.3 is 5.97 Å². The molecule has 0 radical (unpaired) electrons. The number of amides is 1. The topological polar surface area (TPSA) is 94.3 Å². The van der Waals surface area contributed by atoms with Crippen LogP contribution in [0.2, 0.25) is 0 Å². The molecule has 1 amide bonds. The minimum absolute atomic E-state index is 0.178. The summed E-state index contributed by atoms with van der Waals surface area (Å²) < 4.78 is 10.5. The molecule has 1 saturated carbocycles. The third-order valence-corrected chi connectivity index (χ3v) is 4.57. The van der Waals surface area contributed by atoms with Crippen LogP contribution in [0.3, 0.4) is 0 Å². The highest BCUT2D eigenvalue weighted by molar-refractivity contribution is 6.04. The summed E-state index contributed by atoms with van der Waals surface area (Å²) in [6.45, 7) is 5.08. The summed E-state index contributed by atoms with van der Waals surface area (Å²) in [6.07, 6.45) is 4.57. The zero-order chi connectivity index (χ0) is 18.0. The maximum absolute atomic E-state index is 12.6. The molecule has 0 spiro atoms. The fourth-order valence-corrected chi connectivity index (χ4v) is 3.22. The largest absolute Gasteiger partial charge is 0.449 e. The third-order valence-electron chi connectivity index (χ3n) is 4.57. The first-order valence-corrected chi connectivity index (χ1v) is 8.70. The number of pyridine rings is 1. The average Bonchev–Trinajstić information content (AvgIpc) is 2.95. The van der Waals surface area contributed by atoms with Gasteiger partial charge in [0.15, 0.2) is 6.10 Å². The van der Waals surface area contributed by atoms with E-state index in [0.29, 0.717) is 28.1 Å². The van der Waals surface area contributed by atoms with Gasteiger partial charge in [-0.2, -0.15) is 0 Å². The van der Waals surface area contributed by atoms with Crippen molar-refractivity contribution in [2.45, 2.75) is 65.0 Å². The van der Waals surface area contributed by atoms with Crippen molar-refractivity contribution in [3.8, 4) is 0 Å². The van der Waals surface area contributed by atoms with Gasteiger partial charge in [-0.1, -0.05) is 24.4 Å². The minimum Gasteiger partial charge on any atom is -0.449 e. The number of aryl methyl sites for hydroxylation is 2. The number of hydrogen-bond acceptors (Lipinski definition) is 6. The van der Waals surface area contributed by atoms with E-state index in [0.717, 1.165) is 25.7 Å². The molecule has 2 aromatic rings. The zero-order valence-corrected chi connectivity index (χ0v) is 14.8. The Kier molecular flexibility index (Phi) is 5.01. The molecular weight excluding hydrogens is 322 g/mol. The average molecular weight is 345 g/mol. The van der Waals surface area contributed by atoms with Crippen LogP contribution in [-0.2, 0) is 9.53 Å². The van der Waals surface area contributed by atoms with Crippen LogP contribution in [0.4, 0.5) is 0 Å². The van der Waals surface area contributed by atoms with Crippen LogP contribution in [0.5, 0.6) is 0 Å². The lowest BCUT2D eigenvalue weighted by Crippen LogP contribution is -2.42. The van der Waals surface area contributed by atoms with Crippen molar-refractivity contribution < 1.29 is 18.8 Å². The second kappa shape index (κ2) is 7.21. The molecule has 25 heavy (non-hydrogen) atoms. The van der Waals surface area contributed by atoms with Crippen LogP contribution in [0.15, 0.2) is 10.6 Å². The lowest BCUT2D eigenvalue weighted by atomic mass is 9.95. The lowest BCUT2D eigenvalue weighted by molar-refractivity contribution is -0.130. The van der Waals surface area contributed by atoms with Crippen molar-refractivity contribution >= 4 is 23.0 Å². The van der Waals surface area contributed by atoms with Gasteiger partial charge in [0, 0.05) is 11.7 Å². The fraction of sp³-hybridized carbons (Fsp3) is 0.556. The Balaban J connectivity index is 1.71. The predicted molar refractivity (Wildman–Crippen MR) is 91.2 cm³/mol. The lowest BCUT2D eigenvalue weighted by Gasteiger charge is -2.24. The molecule has 0 bridgehead atoms. The Morgan fingerprint density at radius 1 is 1.28 bits per heavy atom. The molecule has 134 valence electrons. The van der Waals surface area contributed by atoms with Crippen LogP contribution < -0.4 is 5.32 Å². The number of fused-ring (bicyclic) bond motifs is 1. The highest BCUT2D eigenvalue weighted by Crippen LogP contribution is 2.23. The number of hydrogen-bond donors (Lipinski definition) is 1. The summed E-state index contributed by atoms with van der Waals surface area (Å²) >= 11 is 0. The Hall–Kier alpha value is -2.44. The highest BCUT2D eigenvalue weighted by atomic mass is 16.5. The first-order valence-electron chi connectivity index (χ1n) is 8.70. The van der Waals surface area contributed by atoms with E-state index >= 15 is 0 Å². The molecule has 3 rings (SSSR count). The van der Waals surface area contributed by atoms with E-state index < -0.39 is 12.1 Å². The third kappa shape index (κ3) is 3.81. The molecule has 7 heteroatoms. The molecule has 0 aromatic carbocycles. The smallest absolute Gasteiger partial charge is 0.339 e. The molecule has 0 unspecified atom stereocenters. The number of esters is 1. The van der Waals surface area contributed by atoms with E-state index in [1.807, 2.05) is 0 Å². The van der Waals surface area contributed by atoms with Crippen LogP contribution >= 0.6 is 0 Å². The quantitative estimate of drug-likeness (QED) is 0.856. The van der Waals surface area contributed by atoms with Crippen molar-refractivity contribution in [3.05, 3.63) is 23.0 Å². The first-order chi connectivity index (χ1) is 12.0. The van der Waals surface area contributed by atoms with E-state index in [9.17, 15) is 9.59 Å². The summed E-state index contributed by atoms with van der Waals surface area (Å²) in [5.74, 6) is -0.836. The molecule has 2 heterocycles. The van der Waals surface area contributed by atoms with Gasteiger partial charge in [0.1, 0.15) is 0 Å². The molecule has 1 atom stereocenters. The molecule has 1 aliphatic carbocycles. The van der Waals surface area contributed by atoms with Crippen molar-refractivity contribution in [1.82, 2.24) is 15.5 Å². The van der Waals surface area contributed by atoms with Crippen LogP contribution in [0, 0.1) is 13.8 Å². The van der Waals surface area contributed by atoms with Crippen molar-refractivity contribution in [3.63, 3.8) is 0 Å². The summed E-state index contributed by atoms with van der Waals surface area (Å²) in [6, 6.07) is 1.80. The van der Waals surface area contributed by atoms with Gasteiger partial charge in [0.05, 0.1) is 16.6 Å². The number of ether oxygens (including phenoxy) is 1. The summed E-state index contributed by atoms with van der Waals surface area (Å²) in [7, 11) is 0. The van der Waals surface area contributed by atoms with Crippen molar-refractivity contribution in [2.75, 3.05) is 0 Å². The Bertz CT molecular complexity index is 793. The second-order valence-corrected chi connectivity index (χ2v) is 6.65. The summed E-state index contributed by atoms with van der Waals surface area (Å²) in [5.41, 5.74) is 1.80. The minimum atomic E-state index is -0.863. The van der Waals surface area contributed by atoms with Crippen molar-refractivity contribution in [2.24, 2.45) is 0 Å². The summed E-state index contributed by atoms with van der Waals surface area (Å²) in [5, 5.41) is 7.34. The van der Waals surface area contributed by atoms with Gasteiger partial charge in [0.25, 0.3) is 11.6 Å². The van der Waals surface area contributed by atoms with Gasteiger partial charge in [0.2, 0.25) is 0 Å². The predicted octanol–water partition coefficient (Wildman–Crippen LogP) is 2.83. The van der Waals surface area contributed by atoms with Gasteiger partial charge in [-0.05, 0) is 39.7 Å². The number of rotatable bonds is 4. The molecule has 1 fully saturated rings. The van der Waals surface area contributed by atoms with Gasteiger partial charge in [-0.15, -0.1) is 0 Å². The number of nitrogens with one attached hydrogen (secondary N) is 1. The van der Waals surface area contributed by atoms with E-state index in [1.165, 1.54) is 6.42 Å². The maximum atomic E-state index is 12.6. The zero-order valence-electron chi connectivity index (χ0n) is 14.8. The Labute approximate surface area is 146 Å². The van der Waals surface area contributed by atoms with E-state index in [2.05, 4.69) is 15.5 Å². The highest BCUT2D eigenvalue weighted by Gasteiger charge is 2.25. The molecule has 0 saturated heterocycles. The monoisotopic (exact) mass is 345 g/mol. The van der Waals surface area contributed by atoms with Gasteiger partial charge in [-0.25, -0.2) is 9.78 Å². The Morgan fingerprint density at radius 3 is 2.72 bits per heavy atom. The van der Waals surface area contributed by atoms with E-state index in [1.54, 1.807) is 26.8 Å². The Morgan fingerprint density at radius 2 is 2.00 bits per heavy atom.